The lowest BCUT2D eigenvalue weighted by Crippen LogP contribution is -2.46. The van der Waals surface area contributed by atoms with E-state index in [1.807, 2.05) is 4.90 Å². The van der Waals surface area contributed by atoms with Crippen molar-refractivity contribution in [3.8, 4) is 0 Å². The molecule has 2 heterocycles. The van der Waals surface area contributed by atoms with Gasteiger partial charge in [-0.3, -0.25) is 9.69 Å². The molecule has 4 nitrogen and oxygen atoms in total. The molecule has 0 radical (unpaired) electrons. The quantitative estimate of drug-likeness (QED) is 0.709. The third-order valence-electron chi connectivity index (χ3n) is 3.47. The molecule has 0 aromatic carbocycles. The van der Waals surface area contributed by atoms with Crippen LogP contribution in [0, 0.1) is 5.92 Å². The molecule has 2 aliphatic rings. The Morgan fingerprint density at radius 3 is 2.73 bits per heavy atom. The third kappa shape index (κ3) is 2.69. The van der Waals surface area contributed by atoms with Gasteiger partial charge in [0.2, 0.25) is 5.91 Å². The van der Waals surface area contributed by atoms with Crippen LogP contribution in [0.1, 0.15) is 19.3 Å². The van der Waals surface area contributed by atoms with E-state index >= 15 is 0 Å². The predicted octanol–water partition coefficient (Wildman–Crippen LogP) is -0.0770. The topological polar surface area (TPSA) is 43.8 Å². The normalized spacial score (nSPS) is 26.7. The van der Waals surface area contributed by atoms with Crippen LogP contribution in [-0.2, 0) is 4.79 Å². The van der Waals surface area contributed by atoms with Gasteiger partial charge < -0.3 is 10.0 Å². The fourth-order valence-corrected chi connectivity index (χ4v) is 2.33. The smallest absolute Gasteiger partial charge is 0.236 e. The van der Waals surface area contributed by atoms with E-state index in [1.54, 1.807) is 0 Å². The maximum atomic E-state index is 11.7. The third-order valence-corrected chi connectivity index (χ3v) is 3.47. The minimum atomic E-state index is 0.276. The van der Waals surface area contributed by atoms with Crippen molar-refractivity contribution in [2.24, 2.45) is 5.92 Å². The molecule has 1 unspecified atom stereocenters. The van der Waals surface area contributed by atoms with E-state index in [0.717, 1.165) is 39.0 Å². The van der Waals surface area contributed by atoms with Crippen LogP contribution in [0.15, 0.2) is 0 Å². The second-order valence-corrected chi connectivity index (χ2v) is 4.64. The van der Waals surface area contributed by atoms with Crippen LogP contribution in [0.4, 0.5) is 0 Å². The largest absolute Gasteiger partial charge is 0.396 e. The molecular formula is C11H20N2O2. The maximum absolute atomic E-state index is 11.7. The molecule has 86 valence electrons. The minimum absolute atomic E-state index is 0.276. The van der Waals surface area contributed by atoms with Crippen molar-refractivity contribution >= 4 is 5.91 Å². The van der Waals surface area contributed by atoms with Crippen LogP contribution in [0.3, 0.4) is 0 Å². The molecule has 2 fully saturated rings. The summed E-state index contributed by atoms with van der Waals surface area (Å²) < 4.78 is 0. The number of likely N-dealkylation sites (tertiary alicyclic amines) is 2. The van der Waals surface area contributed by atoms with Crippen molar-refractivity contribution in [1.29, 1.82) is 0 Å². The second-order valence-electron chi connectivity index (χ2n) is 4.64. The molecule has 0 saturated carbocycles. The number of aliphatic hydroxyl groups is 1. The van der Waals surface area contributed by atoms with E-state index in [0.29, 0.717) is 12.5 Å². The predicted molar refractivity (Wildman–Crippen MR) is 57.4 cm³/mol. The number of carbonyl (C=O) groups excluding carboxylic acids is 1. The van der Waals surface area contributed by atoms with E-state index in [4.69, 9.17) is 5.11 Å². The molecule has 0 aliphatic carbocycles. The van der Waals surface area contributed by atoms with E-state index in [2.05, 4.69) is 4.90 Å². The van der Waals surface area contributed by atoms with E-state index < -0.39 is 0 Å². The van der Waals surface area contributed by atoms with Crippen LogP contribution in [-0.4, -0.2) is 60.1 Å². The fourth-order valence-electron chi connectivity index (χ4n) is 2.33. The average molecular weight is 212 g/mol. The van der Waals surface area contributed by atoms with Crippen molar-refractivity contribution in [2.75, 3.05) is 39.3 Å². The lowest BCUT2D eigenvalue weighted by atomic mass is 10.1. The first-order valence-corrected chi connectivity index (χ1v) is 5.90. The number of hydrogen-bond acceptors (Lipinski definition) is 3. The summed E-state index contributed by atoms with van der Waals surface area (Å²) >= 11 is 0. The van der Waals surface area contributed by atoms with Gasteiger partial charge in [-0.15, -0.1) is 0 Å². The van der Waals surface area contributed by atoms with Crippen LogP contribution < -0.4 is 0 Å². The van der Waals surface area contributed by atoms with E-state index in [9.17, 15) is 4.79 Å². The summed E-state index contributed by atoms with van der Waals surface area (Å²) in [5, 5.41) is 8.84. The molecule has 1 N–H and O–H groups in total. The Hall–Kier alpha value is -0.610. The SMILES string of the molecule is O=C(CN1CCC(CCO)C1)N1CCC1. The molecule has 2 aliphatic heterocycles. The van der Waals surface area contributed by atoms with Gasteiger partial charge in [-0.2, -0.15) is 0 Å². The van der Waals surface area contributed by atoms with Crippen LogP contribution >= 0.6 is 0 Å². The maximum Gasteiger partial charge on any atom is 0.236 e. The van der Waals surface area contributed by atoms with E-state index in [1.165, 1.54) is 6.42 Å². The van der Waals surface area contributed by atoms with Crippen LogP contribution in [0.2, 0.25) is 0 Å². The van der Waals surface area contributed by atoms with Gasteiger partial charge in [-0.1, -0.05) is 0 Å². The zero-order valence-electron chi connectivity index (χ0n) is 9.19. The van der Waals surface area contributed by atoms with Gasteiger partial charge in [-0.05, 0) is 31.7 Å². The number of hydrogen-bond donors (Lipinski definition) is 1. The molecule has 2 rings (SSSR count). The van der Waals surface area contributed by atoms with Crippen molar-refractivity contribution in [1.82, 2.24) is 9.80 Å². The standard InChI is InChI=1S/C11H20N2O2/c14-7-3-10-2-6-12(8-10)9-11(15)13-4-1-5-13/h10,14H,1-9H2. The molecule has 0 spiro atoms. The highest BCUT2D eigenvalue weighted by molar-refractivity contribution is 5.78. The number of aliphatic hydroxyl groups excluding tert-OH is 1. The summed E-state index contributed by atoms with van der Waals surface area (Å²) in [5.41, 5.74) is 0. The first-order valence-electron chi connectivity index (χ1n) is 5.90. The van der Waals surface area contributed by atoms with Gasteiger partial charge in [0.25, 0.3) is 0 Å². The molecule has 0 aromatic rings. The molecule has 1 amide bonds. The zero-order valence-corrected chi connectivity index (χ0v) is 9.19. The van der Waals surface area contributed by atoms with Crippen molar-refractivity contribution in [3.05, 3.63) is 0 Å². The number of nitrogens with zero attached hydrogens (tertiary/aromatic N) is 2. The molecule has 0 bridgehead atoms. The summed E-state index contributed by atoms with van der Waals surface area (Å²) in [6.45, 7) is 4.77. The van der Waals surface area contributed by atoms with Gasteiger partial charge in [0.1, 0.15) is 0 Å². The summed E-state index contributed by atoms with van der Waals surface area (Å²) in [5.74, 6) is 0.880. The number of amides is 1. The second kappa shape index (κ2) is 4.94. The Balaban J connectivity index is 1.69. The summed E-state index contributed by atoms with van der Waals surface area (Å²) in [6.07, 6.45) is 3.18. The van der Waals surface area contributed by atoms with Crippen LogP contribution in [0.5, 0.6) is 0 Å². The number of rotatable bonds is 4. The minimum Gasteiger partial charge on any atom is -0.396 e. The highest BCUT2D eigenvalue weighted by atomic mass is 16.3. The van der Waals surface area contributed by atoms with Gasteiger partial charge in [0, 0.05) is 26.2 Å². The monoisotopic (exact) mass is 212 g/mol. The lowest BCUT2D eigenvalue weighted by Gasteiger charge is -2.32. The fraction of sp³-hybridized carbons (Fsp3) is 0.909. The van der Waals surface area contributed by atoms with Crippen LogP contribution in [0.25, 0.3) is 0 Å². The molecule has 2 saturated heterocycles. The Labute approximate surface area is 90.9 Å². The molecule has 4 heteroatoms. The molecule has 15 heavy (non-hydrogen) atoms. The molecule has 0 aromatic heterocycles. The Kier molecular flexibility index (Phi) is 3.59. The van der Waals surface area contributed by atoms with Gasteiger partial charge >= 0.3 is 0 Å². The lowest BCUT2D eigenvalue weighted by molar-refractivity contribution is -0.135. The Morgan fingerprint density at radius 2 is 2.13 bits per heavy atom. The van der Waals surface area contributed by atoms with E-state index in [-0.39, 0.29) is 12.5 Å². The van der Waals surface area contributed by atoms with Gasteiger partial charge in [0.05, 0.1) is 6.54 Å². The molecular weight excluding hydrogens is 192 g/mol. The summed E-state index contributed by atoms with van der Waals surface area (Å²) in [7, 11) is 0. The highest BCUT2D eigenvalue weighted by Gasteiger charge is 2.27. The summed E-state index contributed by atoms with van der Waals surface area (Å²) in [6, 6.07) is 0. The van der Waals surface area contributed by atoms with Crippen molar-refractivity contribution in [3.63, 3.8) is 0 Å². The number of carbonyl (C=O) groups is 1. The van der Waals surface area contributed by atoms with Gasteiger partial charge in [-0.25, -0.2) is 0 Å². The Bertz CT molecular complexity index is 229. The zero-order chi connectivity index (χ0) is 10.7. The average Bonchev–Trinajstić information content (AvgIpc) is 2.49. The Morgan fingerprint density at radius 1 is 1.33 bits per heavy atom. The van der Waals surface area contributed by atoms with Crippen molar-refractivity contribution in [2.45, 2.75) is 19.3 Å². The van der Waals surface area contributed by atoms with Crippen molar-refractivity contribution < 1.29 is 9.90 Å². The first kappa shape index (κ1) is 10.9. The molecule has 1 atom stereocenters. The van der Waals surface area contributed by atoms with Gasteiger partial charge in [0.15, 0.2) is 0 Å². The summed E-state index contributed by atoms with van der Waals surface area (Å²) in [4.78, 5) is 15.8. The highest BCUT2D eigenvalue weighted by Crippen LogP contribution is 2.19. The first-order chi connectivity index (χ1) is 7.29.